The summed E-state index contributed by atoms with van der Waals surface area (Å²) in [5.74, 6) is 0. The van der Waals surface area contributed by atoms with Crippen LogP contribution in [0.4, 0.5) is 0 Å². The van der Waals surface area contributed by atoms with E-state index in [1.54, 1.807) is 0 Å². The van der Waals surface area contributed by atoms with E-state index in [1.165, 1.54) is 0 Å². The van der Waals surface area contributed by atoms with E-state index >= 15 is 0 Å². The summed E-state index contributed by atoms with van der Waals surface area (Å²) in [7, 11) is 0. The molecule has 1 aliphatic carbocycles. The maximum atomic E-state index is 10.9. The smallest absolute Gasteiger partial charge is 0.214 e. The van der Waals surface area contributed by atoms with Crippen molar-refractivity contribution in [1.82, 2.24) is 0 Å². The van der Waals surface area contributed by atoms with E-state index < -0.39 is 98.3 Å². The molecule has 0 spiro atoms. The van der Waals surface area contributed by atoms with E-state index in [4.69, 9.17) is 18.9 Å². The Morgan fingerprint density at radius 2 is 1.24 bits per heavy atom. The Kier molecular flexibility index (Phi) is 8.99. The monoisotopic (exact) mass is 488 g/mol. The van der Waals surface area contributed by atoms with Gasteiger partial charge in [0.1, 0.15) is 79.6 Å². The van der Waals surface area contributed by atoms with Crippen molar-refractivity contribution >= 4 is 0 Å². The third-order valence-corrected chi connectivity index (χ3v) is 6.94. The number of quaternary nitrogens is 5. The highest BCUT2D eigenvalue weighted by Crippen LogP contribution is 2.30. The Labute approximate surface area is 190 Å². The molecule has 1 saturated carbocycles. The number of aliphatic hydroxyl groups excluding tert-OH is 6. The number of aliphatic hydroxyl groups is 6. The summed E-state index contributed by atoms with van der Waals surface area (Å²) in [6, 6.07) is -2.54. The molecular formula is C18H42N5O10+5. The first kappa shape index (κ1) is 27.0. The molecule has 33 heavy (non-hydrogen) atoms. The Bertz CT molecular complexity index is 635. The lowest BCUT2D eigenvalue weighted by atomic mass is 9.84. The lowest BCUT2D eigenvalue weighted by molar-refractivity contribution is -0.539. The maximum Gasteiger partial charge on any atom is 0.214 e. The summed E-state index contributed by atoms with van der Waals surface area (Å²) >= 11 is 0. The van der Waals surface area contributed by atoms with Crippen molar-refractivity contribution in [2.45, 2.75) is 98.1 Å². The van der Waals surface area contributed by atoms with E-state index in [-0.39, 0.29) is 6.54 Å². The molecule has 0 aromatic carbocycles. The zero-order valence-electron chi connectivity index (χ0n) is 18.6. The standard InChI is InChI=1S/C18H37N5O10/c19-2-6-11(26)13(28)9(23)17(30-6)32-15-5(21)1-4(20)10(25)16(15)33-18-14(29)12(27)8(22)7(3-24)31-18/h4-18,24-29H,1-3,19-23H2/p+5/t4-,5+,6-,7-,8+,9-,10+,11-,12+,13-,14-,15-,16-,17-,18+/m1/s1. The number of rotatable bonds is 6. The fraction of sp³-hybridized carbons (Fsp3) is 1.00. The Morgan fingerprint density at radius 3 is 1.85 bits per heavy atom. The summed E-state index contributed by atoms with van der Waals surface area (Å²) in [5.41, 5.74) is 19.3. The van der Waals surface area contributed by atoms with Crippen LogP contribution in [0.5, 0.6) is 0 Å². The van der Waals surface area contributed by atoms with Crippen LogP contribution in [0.15, 0.2) is 0 Å². The molecule has 0 bridgehead atoms. The molecular weight excluding hydrogens is 446 g/mol. The summed E-state index contributed by atoms with van der Waals surface area (Å²) in [5, 5.41) is 61.7. The predicted octanol–water partition coefficient (Wildman–Crippen LogP) is -10.9. The third kappa shape index (κ3) is 5.32. The van der Waals surface area contributed by atoms with Gasteiger partial charge < -0.3 is 78.3 Å². The summed E-state index contributed by atoms with van der Waals surface area (Å²) in [4.78, 5) is 0. The van der Waals surface area contributed by atoms with Gasteiger partial charge in [-0.15, -0.1) is 0 Å². The van der Waals surface area contributed by atoms with Gasteiger partial charge in [0, 0.05) is 0 Å². The van der Waals surface area contributed by atoms with Crippen molar-refractivity contribution in [2.75, 3.05) is 13.2 Å². The van der Waals surface area contributed by atoms with E-state index in [1.807, 2.05) is 0 Å². The molecule has 21 N–H and O–H groups in total. The summed E-state index contributed by atoms with van der Waals surface area (Å²) in [6.45, 7) is -0.270. The van der Waals surface area contributed by atoms with Crippen LogP contribution in [-0.4, -0.2) is 135 Å². The molecule has 2 saturated heterocycles. The quantitative estimate of drug-likeness (QED) is 0.168. The van der Waals surface area contributed by atoms with E-state index in [9.17, 15) is 30.6 Å². The Hall–Kier alpha value is -0.600. The molecule has 194 valence electrons. The number of hydrogen-bond acceptors (Lipinski definition) is 10. The van der Waals surface area contributed by atoms with Gasteiger partial charge in [-0.1, -0.05) is 0 Å². The van der Waals surface area contributed by atoms with Crippen molar-refractivity contribution in [2.24, 2.45) is 0 Å². The minimum atomic E-state index is -1.49. The second-order valence-corrected chi connectivity index (χ2v) is 9.30. The van der Waals surface area contributed by atoms with Crippen molar-refractivity contribution in [3.05, 3.63) is 0 Å². The lowest BCUT2D eigenvalue weighted by Crippen LogP contribution is -2.84. The fourth-order valence-electron chi connectivity index (χ4n) is 4.69. The van der Waals surface area contributed by atoms with Crippen LogP contribution >= 0.6 is 0 Å². The second kappa shape index (κ2) is 11.0. The van der Waals surface area contributed by atoms with Crippen LogP contribution in [0, 0.1) is 0 Å². The average molecular weight is 489 g/mol. The van der Waals surface area contributed by atoms with E-state index in [0.29, 0.717) is 6.42 Å². The van der Waals surface area contributed by atoms with Gasteiger partial charge in [0.15, 0.2) is 12.3 Å². The van der Waals surface area contributed by atoms with Crippen molar-refractivity contribution < 1.29 is 78.3 Å². The van der Waals surface area contributed by atoms with Gasteiger partial charge in [-0.2, -0.15) is 0 Å². The first-order chi connectivity index (χ1) is 15.5. The van der Waals surface area contributed by atoms with Crippen LogP contribution in [0.1, 0.15) is 6.42 Å². The molecule has 15 heteroatoms. The van der Waals surface area contributed by atoms with Gasteiger partial charge in [-0.05, 0) is 0 Å². The zero-order valence-corrected chi connectivity index (χ0v) is 18.6. The normalized spacial score (nSPS) is 53.7. The maximum absolute atomic E-state index is 10.9. The van der Waals surface area contributed by atoms with Crippen LogP contribution < -0.4 is 28.7 Å². The van der Waals surface area contributed by atoms with Crippen LogP contribution in [0.3, 0.4) is 0 Å². The van der Waals surface area contributed by atoms with Crippen LogP contribution in [0.25, 0.3) is 0 Å². The van der Waals surface area contributed by atoms with Crippen LogP contribution in [-0.2, 0) is 18.9 Å². The first-order valence-corrected chi connectivity index (χ1v) is 11.3. The van der Waals surface area contributed by atoms with Crippen LogP contribution in [0.2, 0.25) is 0 Å². The predicted molar refractivity (Wildman–Crippen MR) is 103 cm³/mol. The van der Waals surface area contributed by atoms with E-state index in [0.717, 1.165) is 0 Å². The van der Waals surface area contributed by atoms with Gasteiger partial charge in [0.05, 0.1) is 13.0 Å². The minimum absolute atomic E-state index is 0.182. The number of hydrogen-bond donors (Lipinski definition) is 11. The minimum Gasteiger partial charge on any atom is -0.393 e. The molecule has 3 fully saturated rings. The summed E-state index contributed by atoms with van der Waals surface area (Å²) < 4.78 is 23.4. The van der Waals surface area contributed by atoms with Crippen molar-refractivity contribution in [1.29, 1.82) is 0 Å². The van der Waals surface area contributed by atoms with Gasteiger partial charge in [-0.25, -0.2) is 0 Å². The first-order valence-electron chi connectivity index (χ1n) is 11.3. The molecule has 3 aliphatic rings. The van der Waals surface area contributed by atoms with Gasteiger partial charge >= 0.3 is 0 Å². The highest BCUT2D eigenvalue weighted by molar-refractivity contribution is 4.97. The molecule has 2 heterocycles. The Morgan fingerprint density at radius 1 is 0.667 bits per heavy atom. The molecule has 2 aliphatic heterocycles. The second-order valence-electron chi connectivity index (χ2n) is 9.30. The van der Waals surface area contributed by atoms with E-state index in [2.05, 4.69) is 28.7 Å². The third-order valence-electron chi connectivity index (χ3n) is 6.94. The molecule has 0 radical (unpaired) electrons. The highest BCUT2D eigenvalue weighted by Gasteiger charge is 2.55. The number of ether oxygens (including phenoxy) is 4. The average Bonchev–Trinajstić information content (AvgIpc) is 2.79. The van der Waals surface area contributed by atoms with Crippen molar-refractivity contribution in [3.8, 4) is 0 Å². The molecule has 15 atom stereocenters. The fourth-order valence-corrected chi connectivity index (χ4v) is 4.69. The molecule has 3 rings (SSSR count). The molecule has 0 unspecified atom stereocenters. The van der Waals surface area contributed by atoms with Gasteiger partial charge in [0.2, 0.25) is 6.29 Å². The highest BCUT2D eigenvalue weighted by atomic mass is 16.7. The lowest BCUT2D eigenvalue weighted by Gasteiger charge is -2.46. The largest absolute Gasteiger partial charge is 0.393 e. The van der Waals surface area contributed by atoms with Crippen molar-refractivity contribution in [3.63, 3.8) is 0 Å². The molecule has 15 nitrogen and oxygen atoms in total. The van der Waals surface area contributed by atoms with Gasteiger partial charge in [-0.3, -0.25) is 0 Å². The SMILES string of the molecule is [NH3+]C[C@H]1O[C@H](O[C@H]2[C@H](O[C@@H]3O[C@H](CO)[C@H]([NH3+])[C@H](O)[C@H]3O)[C@@H](O)[C@H]([NH3+])C[C@@H]2[NH3+])[C@H]([NH3+])[C@@H](O)[C@@H]1O. The molecule has 0 aromatic heterocycles. The zero-order chi connectivity index (χ0) is 24.6. The summed E-state index contributed by atoms with van der Waals surface area (Å²) in [6.07, 6.45) is -12.1. The molecule has 0 amide bonds. The van der Waals surface area contributed by atoms with Gasteiger partial charge in [0.25, 0.3) is 0 Å². The Balaban J connectivity index is 1.80. The topological polar surface area (TPSA) is 296 Å². The molecule has 0 aromatic rings.